The highest BCUT2D eigenvalue weighted by Gasteiger charge is 2.50. The van der Waals surface area contributed by atoms with Crippen LogP contribution >= 0.6 is 0 Å². The summed E-state index contributed by atoms with van der Waals surface area (Å²) in [5, 5.41) is 68.6. The molecule has 0 saturated carbocycles. The second-order valence-corrected chi connectivity index (χ2v) is 6.13. The number of hydrogen-bond acceptors (Lipinski definition) is 11. The maximum Gasteiger partial charge on any atom is 0.187 e. The van der Waals surface area contributed by atoms with E-state index in [0.29, 0.717) is 0 Å². The molecule has 7 N–H and O–H groups in total. The van der Waals surface area contributed by atoms with Gasteiger partial charge < -0.3 is 54.7 Å². The normalized spacial score (nSPS) is 46.9. The van der Waals surface area contributed by atoms with Gasteiger partial charge in [0.15, 0.2) is 12.6 Å². The van der Waals surface area contributed by atoms with Gasteiger partial charge in [0.05, 0.1) is 19.8 Å². The molecule has 152 valence electrons. The maximum atomic E-state index is 10.3. The first-order chi connectivity index (χ1) is 12.3. The molecular formula is C15H26O11. The van der Waals surface area contributed by atoms with Crippen LogP contribution in [0.5, 0.6) is 0 Å². The van der Waals surface area contributed by atoms with Crippen LogP contribution < -0.4 is 0 Å². The van der Waals surface area contributed by atoms with E-state index in [2.05, 4.69) is 6.58 Å². The van der Waals surface area contributed by atoms with Gasteiger partial charge in [-0.3, -0.25) is 0 Å². The predicted molar refractivity (Wildman–Crippen MR) is 82.5 cm³/mol. The summed E-state index contributed by atoms with van der Waals surface area (Å²) in [6.45, 7) is 2.22. The van der Waals surface area contributed by atoms with Gasteiger partial charge in [-0.1, -0.05) is 6.08 Å². The summed E-state index contributed by atoms with van der Waals surface area (Å²) >= 11 is 0. The second kappa shape index (κ2) is 9.48. The molecule has 0 amide bonds. The molecule has 2 aliphatic rings. The van der Waals surface area contributed by atoms with Crippen molar-refractivity contribution in [2.75, 3.05) is 19.8 Å². The molecule has 0 spiro atoms. The third-order valence-corrected chi connectivity index (χ3v) is 4.34. The monoisotopic (exact) mass is 382 g/mol. The van der Waals surface area contributed by atoms with E-state index >= 15 is 0 Å². The Balaban J connectivity index is 2.10. The average molecular weight is 382 g/mol. The molecule has 0 aromatic carbocycles. The van der Waals surface area contributed by atoms with E-state index < -0.39 is 74.6 Å². The van der Waals surface area contributed by atoms with Crippen LogP contribution in [0, 0.1) is 0 Å². The molecule has 0 unspecified atom stereocenters. The molecule has 0 bridgehead atoms. The number of rotatable bonds is 7. The molecule has 26 heavy (non-hydrogen) atoms. The summed E-state index contributed by atoms with van der Waals surface area (Å²) in [4.78, 5) is 0. The maximum absolute atomic E-state index is 10.3. The zero-order valence-corrected chi connectivity index (χ0v) is 13.9. The third-order valence-electron chi connectivity index (χ3n) is 4.34. The van der Waals surface area contributed by atoms with Crippen LogP contribution in [0.3, 0.4) is 0 Å². The minimum Gasteiger partial charge on any atom is -0.394 e. The number of aliphatic hydroxyl groups is 7. The molecule has 10 atom stereocenters. The summed E-state index contributed by atoms with van der Waals surface area (Å²) in [6.07, 6.45) is -13.1. The van der Waals surface area contributed by atoms with Crippen molar-refractivity contribution >= 4 is 0 Å². The van der Waals surface area contributed by atoms with Crippen LogP contribution in [-0.4, -0.2) is 117 Å². The smallest absolute Gasteiger partial charge is 0.187 e. The fourth-order valence-corrected chi connectivity index (χ4v) is 2.86. The third kappa shape index (κ3) is 4.40. The van der Waals surface area contributed by atoms with Crippen LogP contribution in [0.15, 0.2) is 12.7 Å². The Morgan fingerprint density at radius 3 is 1.92 bits per heavy atom. The highest BCUT2D eigenvalue weighted by molar-refractivity contribution is 4.94. The van der Waals surface area contributed by atoms with Gasteiger partial charge >= 0.3 is 0 Å². The van der Waals surface area contributed by atoms with Gasteiger partial charge in [-0.2, -0.15) is 0 Å². The fourth-order valence-electron chi connectivity index (χ4n) is 2.86. The zero-order chi connectivity index (χ0) is 19.4. The molecule has 0 radical (unpaired) electrons. The highest BCUT2D eigenvalue weighted by Crippen LogP contribution is 2.29. The van der Waals surface area contributed by atoms with Gasteiger partial charge in [-0.05, 0) is 0 Å². The Morgan fingerprint density at radius 2 is 1.35 bits per heavy atom. The minimum atomic E-state index is -1.70. The first kappa shape index (κ1) is 21.6. The lowest BCUT2D eigenvalue weighted by atomic mass is 9.97. The predicted octanol–water partition coefficient (Wildman–Crippen LogP) is -4.19. The standard InChI is InChI=1S/C15H26O11/c1-2-3-23-14-12(22)10(20)13(7(5-17)25-14)26-15-11(21)9(19)8(18)6(4-16)24-15/h2,6-22H,1,3-5H2/t6-,7-,8+,9+,10-,11-,12-,13-,14+,15+/m1/s1. The van der Waals surface area contributed by atoms with Crippen LogP contribution in [0.25, 0.3) is 0 Å². The van der Waals surface area contributed by atoms with Crippen molar-refractivity contribution < 1.29 is 54.7 Å². The molecule has 11 heteroatoms. The van der Waals surface area contributed by atoms with Crippen molar-refractivity contribution in [3.63, 3.8) is 0 Å². The molecule has 2 aliphatic heterocycles. The number of ether oxygens (including phenoxy) is 4. The summed E-state index contributed by atoms with van der Waals surface area (Å²) in [7, 11) is 0. The van der Waals surface area contributed by atoms with Crippen LogP contribution in [0.4, 0.5) is 0 Å². The van der Waals surface area contributed by atoms with Gasteiger partial charge in [0.25, 0.3) is 0 Å². The lowest BCUT2D eigenvalue weighted by Crippen LogP contribution is -2.64. The molecule has 2 heterocycles. The Morgan fingerprint density at radius 1 is 0.769 bits per heavy atom. The van der Waals surface area contributed by atoms with E-state index in [1.54, 1.807) is 0 Å². The van der Waals surface area contributed by atoms with E-state index in [0.717, 1.165) is 0 Å². The summed E-state index contributed by atoms with van der Waals surface area (Å²) < 4.78 is 21.1. The first-order valence-corrected chi connectivity index (χ1v) is 8.16. The minimum absolute atomic E-state index is 0.0326. The summed E-state index contributed by atoms with van der Waals surface area (Å²) in [5.74, 6) is 0. The average Bonchev–Trinajstić information content (AvgIpc) is 2.64. The van der Waals surface area contributed by atoms with Crippen molar-refractivity contribution in [2.24, 2.45) is 0 Å². The zero-order valence-electron chi connectivity index (χ0n) is 13.9. The van der Waals surface area contributed by atoms with Crippen LogP contribution in [0.1, 0.15) is 0 Å². The molecule has 0 aromatic heterocycles. The van der Waals surface area contributed by atoms with Crippen molar-refractivity contribution in [3.05, 3.63) is 12.7 Å². The molecule has 2 saturated heterocycles. The van der Waals surface area contributed by atoms with Crippen molar-refractivity contribution in [1.82, 2.24) is 0 Å². The van der Waals surface area contributed by atoms with Crippen LogP contribution in [0.2, 0.25) is 0 Å². The Bertz CT molecular complexity index is 445. The topological polar surface area (TPSA) is 179 Å². The lowest BCUT2D eigenvalue weighted by molar-refractivity contribution is -0.358. The van der Waals surface area contributed by atoms with E-state index in [1.165, 1.54) is 6.08 Å². The summed E-state index contributed by atoms with van der Waals surface area (Å²) in [5.41, 5.74) is 0. The first-order valence-electron chi connectivity index (χ1n) is 8.16. The number of hydrogen-bond donors (Lipinski definition) is 7. The second-order valence-electron chi connectivity index (χ2n) is 6.13. The molecule has 11 nitrogen and oxygen atoms in total. The SMILES string of the molecule is C=CCO[C@H]1O[C@H](CO)[C@@H](O[C@@H]2O[C@H](CO)[C@H](O)[C@H](O)[C@H]2O)[C@H](O)[C@H]1O. The molecular weight excluding hydrogens is 356 g/mol. The molecule has 0 aromatic rings. The molecule has 0 aliphatic carbocycles. The van der Waals surface area contributed by atoms with E-state index in [1.807, 2.05) is 0 Å². The fraction of sp³-hybridized carbons (Fsp3) is 0.867. The van der Waals surface area contributed by atoms with Gasteiger partial charge in [0.1, 0.15) is 48.8 Å². The Kier molecular flexibility index (Phi) is 7.88. The molecule has 2 fully saturated rings. The number of aliphatic hydroxyl groups excluding tert-OH is 7. The van der Waals surface area contributed by atoms with Gasteiger partial charge in [0.2, 0.25) is 0 Å². The van der Waals surface area contributed by atoms with Gasteiger partial charge in [-0.25, -0.2) is 0 Å². The van der Waals surface area contributed by atoms with Gasteiger partial charge in [0, 0.05) is 0 Å². The lowest BCUT2D eigenvalue weighted by Gasteiger charge is -2.45. The van der Waals surface area contributed by atoms with Crippen LogP contribution in [-0.2, 0) is 18.9 Å². The summed E-state index contributed by atoms with van der Waals surface area (Å²) in [6, 6.07) is 0. The van der Waals surface area contributed by atoms with Crippen molar-refractivity contribution in [1.29, 1.82) is 0 Å². The van der Waals surface area contributed by atoms with E-state index in [9.17, 15) is 35.7 Å². The highest BCUT2D eigenvalue weighted by atomic mass is 16.7. The Hall–Kier alpha value is -0.700. The Labute approximate surface area is 149 Å². The quantitative estimate of drug-likeness (QED) is 0.212. The van der Waals surface area contributed by atoms with Gasteiger partial charge in [-0.15, -0.1) is 6.58 Å². The van der Waals surface area contributed by atoms with Crippen molar-refractivity contribution in [3.8, 4) is 0 Å². The van der Waals surface area contributed by atoms with Crippen molar-refractivity contribution in [2.45, 2.75) is 61.4 Å². The largest absolute Gasteiger partial charge is 0.394 e. The van der Waals surface area contributed by atoms with E-state index in [-0.39, 0.29) is 6.61 Å². The van der Waals surface area contributed by atoms with E-state index in [4.69, 9.17) is 18.9 Å². The molecule has 2 rings (SSSR count).